The van der Waals surface area contributed by atoms with Crippen molar-refractivity contribution >= 4 is 17.2 Å². The van der Waals surface area contributed by atoms with Crippen LogP contribution < -0.4 is 5.32 Å². The van der Waals surface area contributed by atoms with Crippen LogP contribution in [0, 0.1) is 13.8 Å². The molecule has 0 aliphatic carbocycles. The van der Waals surface area contributed by atoms with Crippen molar-refractivity contribution < 1.29 is 0 Å². The number of aromatic nitrogens is 2. The highest BCUT2D eigenvalue weighted by Crippen LogP contribution is 2.16. The molecule has 0 spiro atoms. The number of nitrogens with one attached hydrogen (secondary N) is 1. The predicted molar refractivity (Wildman–Crippen MR) is 63.2 cm³/mol. The molecule has 0 amide bonds. The van der Waals surface area contributed by atoms with Gasteiger partial charge >= 0.3 is 0 Å². The van der Waals surface area contributed by atoms with Crippen molar-refractivity contribution in [1.29, 1.82) is 0 Å². The number of rotatable bonds is 3. The van der Waals surface area contributed by atoms with Crippen LogP contribution in [0.4, 0.5) is 5.82 Å². The van der Waals surface area contributed by atoms with Crippen LogP contribution in [0.15, 0.2) is 24.4 Å². The molecule has 0 aliphatic rings. The lowest BCUT2D eigenvalue weighted by Gasteiger charge is -2.03. The van der Waals surface area contributed by atoms with Crippen LogP contribution in [0.1, 0.15) is 15.6 Å². The maximum absolute atomic E-state index is 4.28. The van der Waals surface area contributed by atoms with Gasteiger partial charge in [0.25, 0.3) is 0 Å². The second-order valence-electron chi connectivity index (χ2n) is 3.36. The van der Waals surface area contributed by atoms with E-state index in [1.54, 1.807) is 17.5 Å². The Labute approximate surface area is 93.2 Å². The van der Waals surface area contributed by atoms with Gasteiger partial charge in [-0.05, 0) is 32.0 Å². The second-order valence-corrected chi connectivity index (χ2v) is 4.73. The molecule has 0 aliphatic heterocycles. The van der Waals surface area contributed by atoms with Gasteiger partial charge < -0.3 is 5.32 Å². The highest BCUT2D eigenvalue weighted by molar-refractivity contribution is 7.11. The van der Waals surface area contributed by atoms with Crippen molar-refractivity contribution in [2.75, 3.05) is 5.32 Å². The Balaban J connectivity index is 1.99. The summed E-state index contributed by atoms with van der Waals surface area (Å²) in [6.07, 6.45) is 1.77. The largest absolute Gasteiger partial charge is 0.365 e. The standard InChI is InChI=1S/C11H13N3S/c1-8-3-4-10(15-8)7-13-11-5-6-12-9(2)14-11/h3-6H,7H2,1-2H3,(H,12,13,14). The zero-order valence-electron chi connectivity index (χ0n) is 8.82. The van der Waals surface area contributed by atoms with Crippen molar-refractivity contribution in [3.05, 3.63) is 40.0 Å². The van der Waals surface area contributed by atoms with Gasteiger partial charge in [-0.25, -0.2) is 9.97 Å². The molecule has 3 nitrogen and oxygen atoms in total. The molecule has 2 rings (SSSR count). The first kappa shape index (κ1) is 10.1. The van der Waals surface area contributed by atoms with Crippen LogP contribution in [-0.4, -0.2) is 9.97 Å². The summed E-state index contributed by atoms with van der Waals surface area (Å²) >= 11 is 1.81. The molecule has 0 bridgehead atoms. The molecule has 78 valence electrons. The van der Waals surface area contributed by atoms with Gasteiger partial charge in [0.2, 0.25) is 0 Å². The smallest absolute Gasteiger partial charge is 0.129 e. The van der Waals surface area contributed by atoms with E-state index in [1.165, 1.54) is 9.75 Å². The Hall–Kier alpha value is -1.42. The summed E-state index contributed by atoms with van der Waals surface area (Å²) in [5.74, 6) is 1.68. The fourth-order valence-electron chi connectivity index (χ4n) is 1.31. The molecule has 15 heavy (non-hydrogen) atoms. The van der Waals surface area contributed by atoms with E-state index in [4.69, 9.17) is 0 Å². The third-order valence-electron chi connectivity index (χ3n) is 2.02. The van der Waals surface area contributed by atoms with E-state index in [1.807, 2.05) is 13.0 Å². The maximum atomic E-state index is 4.28. The second kappa shape index (κ2) is 4.40. The first-order chi connectivity index (χ1) is 7.24. The molecule has 0 radical (unpaired) electrons. The fourth-order valence-corrected chi connectivity index (χ4v) is 2.14. The van der Waals surface area contributed by atoms with Crippen LogP contribution in [0.3, 0.4) is 0 Å². The first-order valence-electron chi connectivity index (χ1n) is 4.83. The molecule has 2 aromatic heterocycles. The summed E-state index contributed by atoms with van der Waals surface area (Å²) in [5, 5.41) is 3.27. The molecule has 0 atom stereocenters. The van der Waals surface area contributed by atoms with E-state index < -0.39 is 0 Å². The number of hydrogen-bond donors (Lipinski definition) is 1. The van der Waals surface area contributed by atoms with Crippen molar-refractivity contribution in [3.8, 4) is 0 Å². The van der Waals surface area contributed by atoms with E-state index in [9.17, 15) is 0 Å². The molecule has 2 heterocycles. The predicted octanol–water partition coefficient (Wildman–Crippen LogP) is 2.77. The maximum Gasteiger partial charge on any atom is 0.129 e. The average Bonchev–Trinajstić information content (AvgIpc) is 2.62. The highest BCUT2D eigenvalue weighted by atomic mass is 32.1. The van der Waals surface area contributed by atoms with Gasteiger partial charge in [-0.2, -0.15) is 0 Å². The summed E-state index contributed by atoms with van der Waals surface area (Å²) in [4.78, 5) is 11.0. The number of anilines is 1. The number of hydrogen-bond acceptors (Lipinski definition) is 4. The Morgan fingerprint density at radius 2 is 2.13 bits per heavy atom. The number of thiophene rings is 1. The van der Waals surface area contributed by atoms with Crippen molar-refractivity contribution in [2.45, 2.75) is 20.4 Å². The molecular formula is C11H13N3S. The lowest BCUT2D eigenvalue weighted by Crippen LogP contribution is -2.01. The molecular weight excluding hydrogens is 206 g/mol. The van der Waals surface area contributed by atoms with Crippen LogP contribution in [0.5, 0.6) is 0 Å². The Morgan fingerprint density at radius 1 is 1.27 bits per heavy atom. The number of nitrogens with zero attached hydrogens (tertiary/aromatic N) is 2. The van der Waals surface area contributed by atoms with Gasteiger partial charge in [-0.15, -0.1) is 11.3 Å². The quantitative estimate of drug-likeness (QED) is 0.862. The Bertz CT molecular complexity index is 451. The first-order valence-corrected chi connectivity index (χ1v) is 5.64. The topological polar surface area (TPSA) is 37.8 Å². The van der Waals surface area contributed by atoms with Crippen LogP contribution >= 0.6 is 11.3 Å². The van der Waals surface area contributed by atoms with E-state index in [-0.39, 0.29) is 0 Å². The Morgan fingerprint density at radius 3 is 2.80 bits per heavy atom. The highest BCUT2D eigenvalue weighted by Gasteiger charge is 1.98. The van der Waals surface area contributed by atoms with Crippen LogP contribution in [0.2, 0.25) is 0 Å². The lowest BCUT2D eigenvalue weighted by atomic mass is 10.4. The summed E-state index contributed by atoms with van der Waals surface area (Å²) in [6, 6.07) is 6.15. The third-order valence-corrected chi connectivity index (χ3v) is 3.02. The minimum absolute atomic E-state index is 0.794. The SMILES string of the molecule is Cc1nccc(NCc2ccc(C)s2)n1. The molecule has 4 heteroatoms. The van der Waals surface area contributed by atoms with E-state index in [0.717, 1.165) is 18.2 Å². The minimum Gasteiger partial charge on any atom is -0.365 e. The minimum atomic E-state index is 0.794. The van der Waals surface area contributed by atoms with Crippen LogP contribution in [0.25, 0.3) is 0 Å². The molecule has 0 fully saturated rings. The lowest BCUT2D eigenvalue weighted by molar-refractivity contribution is 1.03. The van der Waals surface area contributed by atoms with Gasteiger partial charge in [0.1, 0.15) is 11.6 Å². The van der Waals surface area contributed by atoms with Gasteiger partial charge in [0, 0.05) is 16.0 Å². The van der Waals surface area contributed by atoms with Crippen molar-refractivity contribution in [1.82, 2.24) is 9.97 Å². The molecule has 0 aromatic carbocycles. The van der Waals surface area contributed by atoms with E-state index in [2.05, 4.69) is 34.3 Å². The fraction of sp³-hybridized carbons (Fsp3) is 0.273. The third kappa shape index (κ3) is 2.76. The molecule has 1 N–H and O–H groups in total. The van der Waals surface area contributed by atoms with E-state index >= 15 is 0 Å². The van der Waals surface area contributed by atoms with Crippen molar-refractivity contribution in [2.24, 2.45) is 0 Å². The Kier molecular flexibility index (Phi) is 2.97. The van der Waals surface area contributed by atoms with Crippen molar-refractivity contribution in [3.63, 3.8) is 0 Å². The summed E-state index contributed by atoms with van der Waals surface area (Å²) in [7, 11) is 0. The van der Waals surface area contributed by atoms with Gasteiger partial charge in [-0.1, -0.05) is 0 Å². The molecule has 2 aromatic rings. The monoisotopic (exact) mass is 219 g/mol. The molecule has 0 saturated carbocycles. The summed E-state index contributed by atoms with van der Waals surface area (Å²) in [5.41, 5.74) is 0. The zero-order valence-corrected chi connectivity index (χ0v) is 9.64. The molecule has 0 saturated heterocycles. The normalized spacial score (nSPS) is 10.3. The number of aryl methyl sites for hydroxylation is 2. The van der Waals surface area contributed by atoms with E-state index in [0.29, 0.717) is 0 Å². The zero-order chi connectivity index (χ0) is 10.7. The average molecular weight is 219 g/mol. The van der Waals surface area contributed by atoms with Gasteiger partial charge in [0.15, 0.2) is 0 Å². The summed E-state index contributed by atoms with van der Waals surface area (Å²) < 4.78 is 0. The van der Waals surface area contributed by atoms with Crippen LogP contribution in [-0.2, 0) is 6.54 Å². The van der Waals surface area contributed by atoms with Gasteiger partial charge in [0.05, 0.1) is 6.54 Å². The molecule has 0 unspecified atom stereocenters. The summed E-state index contributed by atoms with van der Waals surface area (Å²) in [6.45, 7) is 4.83. The van der Waals surface area contributed by atoms with Gasteiger partial charge in [-0.3, -0.25) is 0 Å².